The van der Waals surface area contributed by atoms with E-state index < -0.39 is 23.3 Å². The van der Waals surface area contributed by atoms with Crippen LogP contribution in [0.3, 0.4) is 0 Å². The number of fused-ring (bicyclic) bond motifs is 1. The van der Waals surface area contributed by atoms with E-state index in [4.69, 9.17) is 23.2 Å². The molecule has 0 saturated heterocycles. The second kappa shape index (κ2) is 7.56. The van der Waals surface area contributed by atoms with Gasteiger partial charge in [0.2, 0.25) is 0 Å². The molecule has 1 heterocycles. The number of carboxylic acid groups (broad SMARTS) is 1. The van der Waals surface area contributed by atoms with E-state index in [9.17, 15) is 23.1 Å². The van der Waals surface area contributed by atoms with E-state index in [-0.39, 0.29) is 5.69 Å². The minimum absolute atomic E-state index is 0.124. The Hall–Kier alpha value is -2.38. The van der Waals surface area contributed by atoms with Crippen LogP contribution in [0.5, 0.6) is 0 Å². The lowest BCUT2D eigenvalue weighted by Crippen LogP contribution is -2.12. The van der Waals surface area contributed by atoms with Crippen LogP contribution >= 0.6 is 23.2 Å². The highest BCUT2D eigenvalue weighted by Gasteiger charge is 2.31. The number of aromatic amines is 1. The van der Waals surface area contributed by atoms with Gasteiger partial charge in [-0.3, -0.25) is 0 Å². The van der Waals surface area contributed by atoms with E-state index >= 15 is 0 Å². The second-order valence-electron chi connectivity index (χ2n) is 6.25. The van der Waals surface area contributed by atoms with Crippen molar-refractivity contribution >= 4 is 45.8 Å². The first-order valence-corrected chi connectivity index (χ1v) is 8.98. The van der Waals surface area contributed by atoms with Crippen molar-refractivity contribution in [3.8, 4) is 0 Å². The lowest BCUT2D eigenvalue weighted by Gasteiger charge is -2.13. The van der Waals surface area contributed by atoms with E-state index in [1.807, 2.05) is 13.0 Å². The van der Waals surface area contributed by atoms with E-state index in [1.165, 1.54) is 0 Å². The summed E-state index contributed by atoms with van der Waals surface area (Å²) in [4.78, 5) is 14.5. The smallest absolute Gasteiger partial charge is 0.416 e. The first-order chi connectivity index (χ1) is 13.1. The largest absolute Gasteiger partial charge is 0.478 e. The fourth-order valence-corrected chi connectivity index (χ4v) is 3.45. The lowest BCUT2D eigenvalue weighted by molar-refractivity contribution is -0.137. The van der Waals surface area contributed by atoms with Crippen molar-refractivity contribution < 1.29 is 23.1 Å². The molecular weight excluding hydrogens is 416 g/mol. The van der Waals surface area contributed by atoms with Gasteiger partial charge < -0.3 is 15.4 Å². The Morgan fingerprint density at radius 1 is 1.21 bits per heavy atom. The van der Waals surface area contributed by atoms with Crippen molar-refractivity contribution in [2.24, 2.45) is 0 Å². The van der Waals surface area contributed by atoms with E-state index in [1.54, 1.807) is 6.07 Å². The number of hydrogen-bond donors (Lipinski definition) is 3. The molecule has 0 aliphatic rings. The molecule has 0 atom stereocenters. The zero-order chi connectivity index (χ0) is 20.6. The number of anilines is 1. The maximum Gasteiger partial charge on any atom is 0.416 e. The number of H-pyrrole nitrogens is 1. The summed E-state index contributed by atoms with van der Waals surface area (Å²) in [6.45, 7) is 2.19. The normalized spacial score (nSPS) is 11.8. The van der Waals surface area contributed by atoms with Gasteiger partial charge in [0.05, 0.1) is 26.7 Å². The number of benzene rings is 2. The van der Waals surface area contributed by atoms with E-state index in [0.29, 0.717) is 34.6 Å². The van der Waals surface area contributed by atoms with Crippen LogP contribution in [0.25, 0.3) is 10.9 Å². The first kappa shape index (κ1) is 20.4. The Kier molecular flexibility index (Phi) is 5.50. The van der Waals surface area contributed by atoms with Crippen molar-refractivity contribution in [3.63, 3.8) is 0 Å². The molecule has 28 heavy (non-hydrogen) atoms. The number of halogens is 5. The molecular formula is C19H15Cl2F3N2O2. The third kappa shape index (κ3) is 3.91. The van der Waals surface area contributed by atoms with Crippen molar-refractivity contribution in [3.05, 3.63) is 62.8 Å². The molecule has 0 aliphatic carbocycles. The molecule has 0 bridgehead atoms. The summed E-state index contributed by atoms with van der Waals surface area (Å²) in [7, 11) is 0. The standard InChI is InChI=1S/C19H15Cl2F3N2O2/c1-9-11(12-3-4-14(20)16(21)17(12)26-9)6-7-25-15-5-2-10(19(22,23)24)8-13(15)18(27)28/h2-5,8,25-26H,6-7H2,1H3,(H,27,28). The Bertz CT molecular complexity index is 1060. The molecule has 148 valence electrons. The average Bonchev–Trinajstić information content (AvgIpc) is 2.94. The van der Waals surface area contributed by atoms with Gasteiger partial charge in [-0.2, -0.15) is 13.2 Å². The van der Waals surface area contributed by atoms with Crippen LogP contribution < -0.4 is 5.32 Å². The van der Waals surface area contributed by atoms with Gasteiger partial charge in [-0.05, 0) is 43.2 Å². The Balaban J connectivity index is 1.82. The second-order valence-corrected chi connectivity index (χ2v) is 7.04. The van der Waals surface area contributed by atoms with Gasteiger partial charge in [0.15, 0.2) is 0 Å². The molecule has 0 saturated carbocycles. The van der Waals surface area contributed by atoms with Crippen LogP contribution in [-0.2, 0) is 12.6 Å². The Labute approximate surface area is 168 Å². The first-order valence-electron chi connectivity index (χ1n) is 8.23. The molecule has 3 aromatic rings. The predicted molar refractivity (Wildman–Crippen MR) is 104 cm³/mol. The maximum atomic E-state index is 12.8. The van der Waals surface area contributed by atoms with Gasteiger partial charge in [0, 0.05) is 23.3 Å². The molecule has 3 N–H and O–H groups in total. The molecule has 1 aromatic heterocycles. The number of aryl methyl sites for hydroxylation is 1. The Morgan fingerprint density at radius 3 is 2.57 bits per heavy atom. The number of carbonyl (C=O) groups is 1. The molecule has 0 fully saturated rings. The minimum atomic E-state index is -4.61. The topological polar surface area (TPSA) is 65.1 Å². The quantitative estimate of drug-likeness (QED) is 0.454. The summed E-state index contributed by atoms with van der Waals surface area (Å²) in [6, 6.07) is 6.14. The van der Waals surface area contributed by atoms with Crippen LogP contribution in [-0.4, -0.2) is 22.6 Å². The number of rotatable bonds is 5. The highest BCUT2D eigenvalue weighted by Crippen LogP contribution is 2.34. The molecule has 2 aromatic carbocycles. The number of aromatic carboxylic acids is 1. The van der Waals surface area contributed by atoms with Crippen molar-refractivity contribution in [2.75, 3.05) is 11.9 Å². The molecule has 0 aliphatic heterocycles. The van der Waals surface area contributed by atoms with Gasteiger partial charge in [-0.25, -0.2) is 4.79 Å². The maximum absolute atomic E-state index is 12.8. The van der Waals surface area contributed by atoms with Crippen molar-refractivity contribution in [2.45, 2.75) is 19.5 Å². The van der Waals surface area contributed by atoms with Crippen molar-refractivity contribution in [1.82, 2.24) is 4.98 Å². The summed E-state index contributed by atoms with van der Waals surface area (Å²) >= 11 is 12.2. The zero-order valence-electron chi connectivity index (χ0n) is 14.5. The lowest BCUT2D eigenvalue weighted by atomic mass is 10.1. The summed E-state index contributed by atoms with van der Waals surface area (Å²) < 4.78 is 38.5. The molecule has 0 unspecified atom stereocenters. The summed E-state index contributed by atoms with van der Waals surface area (Å²) in [5.74, 6) is -1.43. The van der Waals surface area contributed by atoms with Gasteiger partial charge in [-0.15, -0.1) is 0 Å². The van der Waals surface area contributed by atoms with Crippen molar-refractivity contribution in [1.29, 1.82) is 0 Å². The number of hydrogen-bond acceptors (Lipinski definition) is 2. The van der Waals surface area contributed by atoms with Crippen LogP contribution in [0.4, 0.5) is 18.9 Å². The van der Waals surface area contributed by atoms with Gasteiger partial charge in [0.25, 0.3) is 0 Å². The highest BCUT2D eigenvalue weighted by atomic mass is 35.5. The van der Waals surface area contributed by atoms with Crippen LogP contribution in [0.15, 0.2) is 30.3 Å². The fraction of sp³-hybridized carbons (Fsp3) is 0.211. The third-order valence-corrected chi connectivity index (χ3v) is 5.26. The SMILES string of the molecule is Cc1[nH]c2c(Cl)c(Cl)ccc2c1CCNc1ccc(C(F)(F)F)cc1C(=O)O. The fourth-order valence-electron chi connectivity index (χ4n) is 3.09. The predicted octanol–water partition coefficient (Wildman–Crippen LogP) is 6.15. The third-order valence-electron chi connectivity index (χ3n) is 4.45. The molecule has 9 heteroatoms. The molecule has 4 nitrogen and oxygen atoms in total. The zero-order valence-corrected chi connectivity index (χ0v) is 16.1. The Morgan fingerprint density at radius 2 is 1.93 bits per heavy atom. The number of alkyl halides is 3. The average molecular weight is 431 g/mol. The van der Waals surface area contributed by atoms with Crippen LogP contribution in [0, 0.1) is 6.92 Å². The number of nitrogens with one attached hydrogen (secondary N) is 2. The van der Waals surface area contributed by atoms with Gasteiger partial charge in [0.1, 0.15) is 0 Å². The van der Waals surface area contributed by atoms with Crippen LogP contribution in [0.2, 0.25) is 10.0 Å². The van der Waals surface area contributed by atoms with Crippen LogP contribution in [0.1, 0.15) is 27.2 Å². The van der Waals surface area contributed by atoms with E-state index in [0.717, 1.165) is 28.8 Å². The summed E-state index contributed by atoms with van der Waals surface area (Å²) in [5.41, 5.74) is 1.24. The monoisotopic (exact) mass is 430 g/mol. The molecule has 0 radical (unpaired) electrons. The molecule has 3 rings (SSSR count). The minimum Gasteiger partial charge on any atom is -0.478 e. The van der Waals surface area contributed by atoms with E-state index in [2.05, 4.69) is 10.3 Å². The molecule has 0 spiro atoms. The highest BCUT2D eigenvalue weighted by molar-refractivity contribution is 6.45. The summed E-state index contributed by atoms with van der Waals surface area (Å²) in [5, 5.41) is 13.9. The summed E-state index contributed by atoms with van der Waals surface area (Å²) in [6.07, 6.45) is -4.10. The van der Waals surface area contributed by atoms with Gasteiger partial charge in [-0.1, -0.05) is 29.3 Å². The molecule has 0 amide bonds. The van der Waals surface area contributed by atoms with Gasteiger partial charge >= 0.3 is 12.1 Å². The number of carboxylic acids is 1. The number of aromatic nitrogens is 1.